The molecule has 0 aromatic rings. The van der Waals surface area contributed by atoms with E-state index in [1.807, 2.05) is 6.92 Å². The number of nitrogens with one attached hydrogen (secondary N) is 1. The average molecular weight is 165 g/mol. The lowest BCUT2D eigenvalue weighted by Gasteiger charge is -2.27. The summed E-state index contributed by atoms with van der Waals surface area (Å²) in [7, 11) is 0. The van der Waals surface area contributed by atoms with Crippen molar-refractivity contribution in [1.82, 2.24) is 0 Å². The minimum absolute atomic E-state index is 0.639. The van der Waals surface area contributed by atoms with Crippen LogP contribution in [0.4, 0.5) is 0 Å². The first-order valence-electron chi connectivity index (χ1n) is 5.32. The van der Waals surface area contributed by atoms with Crippen LogP contribution in [0, 0.1) is 23.2 Å². The molecular formula is C11H19N. The Kier molecular flexibility index (Phi) is 2.20. The zero-order chi connectivity index (χ0) is 8.55. The Labute approximate surface area is 75.1 Å². The van der Waals surface area contributed by atoms with Crippen molar-refractivity contribution in [3.05, 3.63) is 0 Å². The fourth-order valence-corrected chi connectivity index (χ4v) is 2.59. The Hall–Kier alpha value is -0.330. The van der Waals surface area contributed by atoms with E-state index in [2.05, 4.69) is 0 Å². The van der Waals surface area contributed by atoms with E-state index < -0.39 is 0 Å². The number of rotatable bonds is 2. The Morgan fingerprint density at radius 2 is 1.33 bits per heavy atom. The molecule has 0 aromatic carbocycles. The molecule has 0 aliphatic heterocycles. The SMILES string of the molecule is CC(=N)C1CCC(C2CC2)CC1. The summed E-state index contributed by atoms with van der Waals surface area (Å²) in [5.41, 5.74) is 0.921. The normalized spacial score (nSPS) is 36.4. The molecule has 0 radical (unpaired) electrons. The fourth-order valence-electron chi connectivity index (χ4n) is 2.59. The van der Waals surface area contributed by atoms with E-state index in [0.717, 1.165) is 17.5 Å². The van der Waals surface area contributed by atoms with Gasteiger partial charge in [0.05, 0.1) is 0 Å². The van der Waals surface area contributed by atoms with Gasteiger partial charge in [0, 0.05) is 5.71 Å². The second kappa shape index (κ2) is 3.20. The molecule has 12 heavy (non-hydrogen) atoms. The summed E-state index contributed by atoms with van der Waals surface area (Å²) >= 11 is 0. The molecule has 0 amide bonds. The van der Waals surface area contributed by atoms with E-state index in [9.17, 15) is 0 Å². The molecular weight excluding hydrogens is 146 g/mol. The molecule has 2 rings (SSSR count). The van der Waals surface area contributed by atoms with E-state index in [4.69, 9.17) is 5.41 Å². The molecule has 2 aliphatic rings. The molecule has 0 unspecified atom stereocenters. The highest BCUT2D eigenvalue weighted by atomic mass is 14.5. The average Bonchev–Trinajstić information content (AvgIpc) is 2.87. The van der Waals surface area contributed by atoms with Gasteiger partial charge in [-0.25, -0.2) is 0 Å². The molecule has 2 fully saturated rings. The summed E-state index contributed by atoms with van der Waals surface area (Å²) in [5, 5.41) is 7.58. The van der Waals surface area contributed by atoms with Crippen molar-refractivity contribution in [3.63, 3.8) is 0 Å². The maximum atomic E-state index is 7.58. The van der Waals surface area contributed by atoms with Gasteiger partial charge in [0.25, 0.3) is 0 Å². The fraction of sp³-hybridized carbons (Fsp3) is 0.909. The van der Waals surface area contributed by atoms with Crippen molar-refractivity contribution in [2.24, 2.45) is 17.8 Å². The summed E-state index contributed by atoms with van der Waals surface area (Å²) < 4.78 is 0. The van der Waals surface area contributed by atoms with Gasteiger partial charge in [0.1, 0.15) is 0 Å². The van der Waals surface area contributed by atoms with Crippen LogP contribution in [-0.2, 0) is 0 Å². The third-order valence-corrected chi connectivity index (χ3v) is 3.67. The molecule has 1 N–H and O–H groups in total. The van der Waals surface area contributed by atoms with Crippen molar-refractivity contribution in [2.45, 2.75) is 45.4 Å². The van der Waals surface area contributed by atoms with Gasteiger partial charge < -0.3 is 5.41 Å². The van der Waals surface area contributed by atoms with Gasteiger partial charge in [0.2, 0.25) is 0 Å². The van der Waals surface area contributed by atoms with Gasteiger partial charge in [-0.1, -0.05) is 0 Å². The van der Waals surface area contributed by atoms with Gasteiger partial charge in [-0.3, -0.25) is 0 Å². The van der Waals surface area contributed by atoms with Crippen molar-refractivity contribution >= 4 is 5.71 Å². The summed E-state index contributed by atoms with van der Waals surface area (Å²) in [6, 6.07) is 0. The summed E-state index contributed by atoms with van der Waals surface area (Å²) in [4.78, 5) is 0. The van der Waals surface area contributed by atoms with E-state index >= 15 is 0 Å². The highest BCUT2D eigenvalue weighted by molar-refractivity contribution is 5.81. The minimum atomic E-state index is 0.639. The zero-order valence-corrected chi connectivity index (χ0v) is 7.97. The molecule has 1 heteroatoms. The van der Waals surface area contributed by atoms with Crippen molar-refractivity contribution in [1.29, 1.82) is 5.41 Å². The second-order valence-corrected chi connectivity index (χ2v) is 4.63. The van der Waals surface area contributed by atoms with Crippen molar-refractivity contribution in [3.8, 4) is 0 Å². The maximum Gasteiger partial charge on any atom is 0.00891 e. The van der Waals surface area contributed by atoms with Crippen LogP contribution in [-0.4, -0.2) is 5.71 Å². The van der Waals surface area contributed by atoms with Gasteiger partial charge in [-0.05, 0) is 63.2 Å². The molecule has 0 heterocycles. The molecule has 2 saturated carbocycles. The van der Waals surface area contributed by atoms with E-state index in [1.165, 1.54) is 38.5 Å². The molecule has 0 aromatic heterocycles. The van der Waals surface area contributed by atoms with Crippen LogP contribution in [0.25, 0.3) is 0 Å². The minimum Gasteiger partial charge on any atom is -0.310 e. The largest absolute Gasteiger partial charge is 0.310 e. The van der Waals surface area contributed by atoms with Crippen LogP contribution < -0.4 is 0 Å². The summed E-state index contributed by atoms with van der Waals surface area (Å²) in [6.07, 6.45) is 8.42. The first-order chi connectivity index (χ1) is 5.77. The summed E-state index contributed by atoms with van der Waals surface area (Å²) in [5.74, 6) is 2.78. The standard InChI is InChI=1S/C11H19N/c1-8(12)9-2-4-10(5-3-9)11-6-7-11/h9-12H,2-7H2,1H3. The van der Waals surface area contributed by atoms with Crippen LogP contribution in [0.1, 0.15) is 45.4 Å². The predicted molar refractivity (Wildman–Crippen MR) is 51.6 cm³/mol. The molecule has 0 saturated heterocycles. The lowest BCUT2D eigenvalue weighted by atomic mass is 9.78. The third kappa shape index (κ3) is 1.70. The Bertz CT molecular complexity index is 173. The van der Waals surface area contributed by atoms with E-state index in [-0.39, 0.29) is 0 Å². The predicted octanol–water partition coefficient (Wildman–Crippen LogP) is 3.24. The van der Waals surface area contributed by atoms with Crippen LogP contribution in [0.5, 0.6) is 0 Å². The molecule has 0 atom stereocenters. The Morgan fingerprint density at radius 1 is 0.917 bits per heavy atom. The van der Waals surface area contributed by atoms with Gasteiger partial charge in [-0.15, -0.1) is 0 Å². The topological polar surface area (TPSA) is 23.9 Å². The van der Waals surface area contributed by atoms with Crippen molar-refractivity contribution < 1.29 is 0 Å². The van der Waals surface area contributed by atoms with Gasteiger partial charge in [0.15, 0.2) is 0 Å². The van der Waals surface area contributed by atoms with Crippen LogP contribution in [0.2, 0.25) is 0 Å². The van der Waals surface area contributed by atoms with Gasteiger partial charge >= 0.3 is 0 Å². The highest BCUT2D eigenvalue weighted by Crippen LogP contribution is 2.45. The second-order valence-electron chi connectivity index (χ2n) is 4.63. The quantitative estimate of drug-likeness (QED) is 0.607. The molecule has 1 nitrogen and oxygen atoms in total. The van der Waals surface area contributed by atoms with Crippen LogP contribution in [0.15, 0.2) is 0 Å². The molecule has 2 aliphatic carbocycles. The smallest absolute Gasteiger partial charge is 0.00891 e. The van der Waals surface area contributed by atoms with Crippen LogP contribution >= 0.6 is 0 Å². The zero-order valence-electron chi connectivity index (χ0n) is 7.97. The monoisotopic (exact) mass is 165 g/mol. The number of hydrogen-bond donors (Lipinski definition) is 1. The molecule has 68 valence electrons. The maximum absolute atomic E-state index is 7.58. The van der Waals surface area contributed by atoms with E-state index in [1.54, 1.807) is 0 Å². The lowest BCUT2D eigenvalue weighted by Crippen LogP contribution is -2.20. The number of hydrogen-bond acceptors (Lipinski definition) is 1. The Balaban J connectivity index is 1.80. The third-order valence-electron chi connectivity index (χ3n) is 3.67. The lowest BCUT2D eigenvalue weighted by molar-refractivity contribution is 0.291. The van der Waals surface area contributed by atoms with Gasteiger partial charge in [-0.2, -0.15) is 0 Å². The first kappa shape index (κ1) is 8.28. The first-order valence-corrected chi connectivity index (χ1v) is 5.32. The van der Waals surface area contributed by atoms with Crippen molar-refractivity contribution in [2.75, 3.05) is 0 Å². The molecule has 0 spiro atoms. The van der Waals surface area contributed by atoms with E-state index in [0.29, 0.717) is 5.92 Å². The van der Waals surface area contributed by atoms with Crippen LogP contribution in [0.3, 0.4) is 0 Å². The Morgan fingerprint density at radius 3 is 1.67 bits per heavy atom. The molecule has 0 bridgehead atoms. The summed E-state index contributed by atoms with van der Waals surface area (Å²) in [6.45, 7) is 1.97. The highest BCUT2D eigenvalue weighted by Gasteiger charge is 2.34.